The largest absolute Gasteiger partial charge is 0.379 e. The van der Waals surface area contributed by atoms with Gasteiger partial charge in [-0.25, -0.2) is 4.99 Å². The lowest BCUT2D eigenvalue weighted by Crippen LogP contribution is -2.43. The number of guanidine groups is 1. The summed E-state index contributed by atoms with van der Waals surface area (Å²) >= 11 is 0. The predicted octanol–water partition coefficient (Wildman–Crippen LogP) is 0.820. The lowest BCUT2D eigenvalue weighted by atomic mass is 10.1. The Labute approximate surface area is 86.1 Å². The van der Waals surface area contributed by atoms with Crippen LogP contribution in [0.15, 0.2) is 4.99 Å². The molecule has 0 bridgehead atoms. The molecule has 4 heteroatoms. The lowest BCUT2D eigenvalue weighted by molar-refractivity contribution is 0.178. The molecule has 1 unspecified atom stereocenters. The highest BCUT2D eigenvalue weighted by Crippen LogP contribution is 2.12. The van der Waals surface area contributed by atoms with E-state index < -0.39 is 0 Å². The number of nitrogens with two attached hydrogens (primary N) is 1. The van der Waals surface area contributed by atoms with Gasteiger partial charge in [-0.2, -0.15) is 0 Å². The van der Waals surface area contributed by atoms with Crippen LogP contribution in [0.5, 0.6) is 0 Å². The molecule has 1 heterocycles. The van der Waals surface area contributed by atoms with Crippen LogP contribution in [0.1, 0.15) is 27.2 Å². The Balaban J connectivity index is 2.59. The summed E-state index contributed by atoms with van der Waals surface area (Å²) in [4.78, 5) is 6.43. The minimum Gasteiger partial charge on any atom is -0.379 e. The van der Waals surface area contributed by atoms with Crippen molar-refractivity contribution >= 4 is 5.96 Å². The van der Waals surface area contributed by atoms with Gasteiger partial charge in [-0.05, 0) is 27.2 Å². The van der Waals surface area contributed by atoms with E-state index in [1.807, 2.05) is 32.7 Å². The molecule has 0 aromatic carbocycles. The number of likely N-dealkylation sites (N-methyl/N-ethyl adjacent to an activating group) is 1. The van der Waals surface area contributed by atoms with E-state index >= 15 is 0 Å². The van der Waals surface area contributed by atoms with Gasteiger partial charge in [0.15, 0.2) is 5.96 Å². The summed E-state index contributed by atoms with van der Waals surface area (Å²) in [6.07, 6.45) is 1.04. The van der Waals surface area contributed by atoms with Crippen LogP contribution in [0.3, 0.4) is 0 Å². The Morgan fingerprint density at radius 1 is 1.50 bits per heavy atom. The first-order valence-electron chi connectivity index (χ1n) is 5.06. The number of ether oxygens (including phenoxy) is 1. The minimum absolute atomic E-state index is 0.113. The molecule has 0 spiro atoms. The zero-order chi connectivity index (χ0) is 10.8. The van der Waals surface area contributed by atoms with E-state index in [1.165, 1.54) is 0 Å². The standard InChI is InChI=1S/C10H21N3O/c1-10(2,3)12-9(11)13(4)8-5-6-14-7-8/h8H,5-7H2,1-4H3,(H2,11,12). The van der Waals surface area contributed by atoms with Crippen molar-refractivity contribution < 1.29 is 4.74 Å². The van der Waals surface area contributed by atoms with Gasteiger partial charge in [-0.3, -0.25) is 0 Å². The van der Waals surface area contributed by atoms with Gasteiger partial charge in [0, 0.05) is 13.7 Å². The molecule has 82 valence electrons. The Bertz CT molecular complexity index is 214. The fourth-order valence-corrected chi connectivity index (χ4v) is 1.44. The summed E-state index contributed by atoms with van der Waals surface area (Å²) in [6.45, 7) is 7.71. The van der Waals surface area contributed by atoms with Gasteiger partial charge in [0.2, 0.25) is 0 Å². The molecule has 0 aliphatic carbocycles. The van der Waals surface area contributed by atoms with Crippen LogP contribution >= 0.6 is 0 Å². The summed E-state index contributed by atoms with van der Waals surface area (Å²) in [5.74, 6) is 0.605. The van der Waals surface area contributed by atoms with Crippen LogP contribution < -0.4 is 5.73 Å². The third kappa shape index (κ3) is 3.18. The molecule has 14 heavy (non-hydrogen) atoms. The smallest absolute Gasteiger partial charge is 0.191 e. The van der Waals surface area contributed by atoms with Crippen molar-refractivity contribution in [3.63, 3.8) is 0 Å². The van der Waals surface area contributed by atoms with E-state index in [4.69, 9.17) is 10.5 Å². The quantitative estimate of drug-likeness (QED) is 0.502. The van der Waals surface area contributed by atoms with Crippen LogP contribution in [0.25, 0.3) is 0 Å². The van der Waals surface area contributed by atoms with E-state index in [1.54, 1.807) is 0 Å². The zero-order valence-corrected chi connectivity index (χ0v) is 9.58. The SMILES string of the molecule is CN(C(N)=NC(C)(C)C)C1CCOC1. The molecule has 1 aliphatic rings. The van der Waals surface area contributed by atoms with Crippen molar-refractivity contribution in [1.29, 1.82) is 0 Å². The van der Waals surface area contributed by atoms with Crippen LogP contribution in [0.4, 0.5) is 0 Å². The average molecular weight is 199 g/mol. The summed E-state index contributed by atoms with van der Waals surface area (Å²) < 4.78 is 5.31. The number of hydrogen-bond donors (Lipinski definition) is 1. The molecular weight excluding hydrogens is 178 g/mol. The van der Waals surface area contributed by atoms with Gasteiger partial charge in [0.1, 0.15) is 0 Å². The average Bonchev–Trinajstić information content (AvgIpc) is 2.51. The van der Waals surface area contributed by atoms with Gasteiger partial charge < -0.3 is 15.4 Å². The minimum atomic E-state index is -0.113. The maximum absolute atomic E-state index is 5.90. The monoisotopic (exact) mass is 199 g/mol. The topological polar surface area (TPSA) is 50.8 Å². The lowest BCUT2D eigenvalue weighted by Gasteiger charge is -2.26. The maximum Gasteiger partial charge on any atom is 0.191 e. The van der Waals surface area contributed by atoms with E-state index in [0.717, 1.165) is 19.6 Å². The fraction of sp³-hybridized carbons (Fsp3) is 0.900. The summed E-state index contributed by atoms with van der Waals surface area (Å²) in [7, 11) is 1.98. The number of aliphatic imine (C=N–C) groups is 1. The summed E-state index contributed by atoms with van der Waals surface area (Å²) in [5, 5.41) is 0. The third-order valence-electron chi connectivity index (χ3n) is 2.26. The van der Waals surface area contributed by atoms with E-state index in [0.29, 0.717) is 12.0 Å². The van der Waals surface area contributed by atoms with E-state index in [2.05, 4.69) is 4.99 Å². The van der Waals surface area contributed by atoms with Crippen molar-refractivity contribution in [2.45, 2.75) is 38.8 Å². The van der Waals surface area contributed by atoms with Crippen LogP contribution in [-0.2, 0) is 4.74 Å². The second-order valence-corrected chi connectivity index (χ2v) is 4.77. The van der Waals surface area contributed by atoms with E-state index in [-0.39, 0.29) is 5.54 Å². The van der Waals surface area contributed by atoms with Crippen LogP contribution in [-0.4, -0.2) is 42.7 Å². The third-order valence-corrected chi connectivity index (χ3v) is 2.26. The van der Waals surface area contributed by atoms with Crippen molar-refractivity contribution in [2.75, 3.05) is 20.3 Å². The molecule has 0 amide bonds. The molecule has 0 saturated carbocycles. The Hall–Kier alpha value is -0.770. The van der Waals surface area contributed by atoms with Gasteiger partial charge in [-0.15, -0.1) is 0 Å². The molecule has 0 aromatic heterocycles. The molecule has 1 fully saturated rings. The van der Waals surface area contributed by atoms with Gasteiger partial charge >= 0.3 is 0 Å². The molecule has 0 aromatic rings. The van der Waals surface area contributed by atoms with Crippen LogP contribution in [0, 0.1) is 0 Å². The summed E-state index contributed by atoms with van der Waals surface area (Å²) in [5.41, 5.74) is 5.79. The maximum atomic E-state index is 5.90. The van der Waals surface area contributed by atoms with Crippen LogP contribution in [0.2, 0.25) is 0 Å². The normalized spacial score (nSPS) is 24.0. The molecule has 1 atom stereocenters. The first-order chi connectivity index (χ1) is 6.40. The van der Waals surface area contributed by atoms with Gasteiger partial charge in [0.05, 0.1) is 18.2 Å². The first-order valence-corrected chi connectivity index (χ1v) is 5.06. The van der Waals surface area contributed by atoms with Gasteiger partial charge in [-0.1, -0.05) is 0 Å². The number of hydrogen-bond acceptors (Lipinski definition) is 2. The molecule has 4 nitrogen and oxygen atoms in total. The number of rotatable bonds is 1. The molecule has 2 N–H and O–H groups in total. The molecular formula is C10H21N3O. The Morgan fingerprint density at radius 2 is 2.14 bits per heavy atom. The van der Waals surface area contributed by atoms with Crippen molar-refractivity contribution in [3.8, 4) is 0 Å². The molecule has 1 rings (SSSR count). The molecule has 1 saturated heterocycles. The number of nitrogens with zero attached hydrogens (tertiary/aromatic N) is 2. The predicted molar refractivity (Wildman–Crippen MR) is 58.4 cm³/mol. The highest BCUT2D eigenvalue weighted by Gasteiger charge is 2.22. The second-order valence-electron chi connectivity index (χ2n) is 4.77. The van der Waals surface area contributed by atoms with Crippen molar-refractivity contribution in [2.24, 2.45) is 10.7 Å². The first kappa shape index (κ1) is 11.3. The van der Waals surface area contributed by atoms with Crippen molar-refractivity contribution in [1.82, 2.24) is 4.90 Å². The van der Waals surface area contributed by atoms with Crippen molar-refractivity contribution in [3.05, 3.63) is 0 Å². The molecule has 0 radical (unpaired) electrons. The highest BCUT2D eigenvalue weighted by atomic mass is 16.5. The fourth-order valence-electron chi connectivity index (χ4n) is 1.44. The summed E-state index contributed by atoms with van der Waals surface area (Å²) in [6, 6.07) is 0.390. The molecule has 1 aliphatic heterocycles. The zero-order valence-electron chi connectivity index (χ0n) is 9.58. The second kappa shape index (κ2) is 4.17. The Morgan fingerprint density at radius 3 is 2.57 bits per heavy atom. The Kier molecular flexibility index (Phi) is 3.37. The van der Waals surface area contributed by atoms with E-state index in [9.17, 15) is 0 Å². The highest BCUT2D eigenvalue weighted by molar-refractivity contribution is 5.78. The van der Waals surface area contributed by atoms with Gasteiger partial charge in [0.25, 0.3) is 0 Å².